The predicted molar refractivity (Wildman–Crippen MR) is 89.2 cm³/mol. The van der Waals surface area contributed by atoms with Gasteiger partial charge in [-0.2, -0.15) is 0 Å². The van der Waals surface area contributed by atoms with E-state index in [1.807, 2.05) is 7.05 Å². The summed E-state index contributed by atoms with van der Waals surface area (Å²) >= 11 is 0. The summed E-state index contributed by atoms with van der Waals surface area (Å²) in [5, 5.41) is 3.20. The van der Waals surface area contributed by atoms with Gasteiger partial charge in [-0.15, -0.1) is 0 Å². The van der Waals surface area contributed by atoms with Gasteiger partial charge < -0.3 is 10.2 Å². The molecular formula is C16H29N5. The Bertz CT molecular complexity index is 470. The molecule has 1 aromatic heterocycles. The lowest BCUT2D eigenvalue weighted by Crippen LogP contribution is -2.53. The molecule has 1 fully saturated rings. The first-order chi connectivity index (χ1) is 9.84. The number of anilines is 2. The monoisotopic (exact) mass is 291 g/mol. The van der Waals surface area contributed by atoms with Gasteiger partial charge in [0.25, 0.3) is 0 Å². The van der Waals surface area contributed by atoms with Gasteiger partial charge in [0.05, 0.1) is 0 Å². The molecule has 0 aliphatic carbocycles. The summed E-state index contributed by atoms with van der Waals surface area (Å²) in [5.74, 6) is 2.45. The van der Waals surface area contributed by atoms with Crippen LogP contribution in [0.3, 0.4) is 0 Å². The van der Waals surface area contributed by atoms with E-state index in [4.69, 9.17) is 0 Å². The van der Waals surface area contributed by atoms with Crippen LogP contribution in [-0.4, -0.2) is 53.6 Å². The highest BCUT2D eigenvalue weighted by Crippen LogP contribution is 2.31. The Balaban J connectivity index is 2.21. The van der Waals surface area contributed by atoms with E-state index >= 15 is 0 Å². The van der Waals surface area contributed by atoms with Gasteiger partial charge in [-0.1, -0.05) is 13.8 Å². The summed E-state index contributed by atoms with van der Waals surface area (Å²) in [6.07, 6.45) is 1.67. The van der Waals surface area contributed by atoms with Crippen molar-refractivity contribution in [3.63, 3.8) is 0 Å². The van der Waals surface area contributed by atoms with Gasteiger partial charge in [-0.05, 0) is 26.7 Å². The van der Waals surface area contributed by atoms with Gasteiger partial charge in [0.1, 0.15) is 18.0 Å². The van der Waals surface area contributed by atoms with Crippen molar-refractivity contribution in [1.82, 2.24) is 14.9 Å². The number of aromatic nitrogens is 2. The van der Waals surface area contributed by atoms with Gasteiger partial charge in [0.2, 0.25) is 0 Å². The number of rotatable bonds is 3. The SMILES string of the molecule is CNc1ncnc(N2CCN(C(C)(C)C)CC2)c1C(C)C. The van der Waals surface area contributed by atoms with Crippen LogP contribution in [0, 0.1) is 0 Å². The second kappa shape index (κ2) is 6.18. The van der Waals surface area contributed by atoms with Crippen molar-refractivity contribution >= 4 is 11.6 Å². The largest absolute Gasteiger partial charge is 0.373 e. The van der Waals surface area contributed by atoms with Crippen LogP contribution >= 0.6 is 0 Å². The zero-order valence-corrected chi connectivity index (χ0v) is 14.3. The van der Waals surface area contributed by atoms with E-state index in [2.05, 4.69) is 59.7 Å². The van der Waals surface area contributed by atoms with Gasteiger partial charge in [0, 0.05) is 44.3 Å². The van der Waals surface area contributed by atoms with E-state index in [0.29, 0.717) is 5.92 Å². The van der Waals surface area contributed by atoms with Crippen LogP contribution in [0.4, 0.5) is 11.6 Å². The molecular weight excluding hydrogens is 262 g/mol. The van der Waals surface area contributed by atoms with Crippen LogP contribution in [0.1, 0.15) is 46.1 Å². The standard InChI is InChI=1S/C16H29N5/c1-12(2)13-14(17-6)18-11-19-15(13)20-7-9-21(10-8-20)16(3,4)5/h11-12H,7-10H2,1-6H3,(H,17,18,19). The molecule has 0 bridgehead atoms. The van der Waals surface area contributed by atoms with E-state index in [9.17, 15) is 0 Å². The first-order valence-corrected chi connectivity index (χ1v) is 7.87. The van der Waals surface area contributed by atoms with Gasteiger partial charge >= 0.3 is 0 Å². The summed E-state index contributed by atoms with van der Waals surface area (Å²) in [5.41, 5.74) is 1.47. The Morgan fingerprint density at radius 3 is 2.19 bits per heavy atom. The summed E-state index contributed by atoms with van der Waals surface area (Å²) in [4.78, 5) is 13.9. The molecule has 1 aliphatic heterocycles. The van der Waals surface area contributed by atoms with Crippen molar-refractivity contribution in [1.29, 1.82) is 0 Å². The van der Waals surface area contributed by atoms with Crippen LogP contribution in [0.25, 0.3) is 0 Å². The van der Waals surface area contributed by atoms with E-state index in [1.165, 1.54) is 5.56 Å². The zero-order valence-electron chi connectivity index (χ0n) is 14.3. The third kappa shape index (κ3) is 3.46. The molecule has 0 unspecified atom stereocenters. The highest BCUT2D eigenvalue weighted by molar-refractivity contribution is 5.60. The second-order valence-corrected chi connectivity index (χ2v) is 7.01. The molecule has 0 aromatic carbocycles. The summed E-state index contributed by atoms with van der Waals surface area (Å²) in [6, 6.07) is 0. The minimum Gasteiger partial charge on any atom is -0.373 e. The molecule has 0 atom stereocenters. The molecule has 0 radical (unpaired) electrons. The number of nitrogens with zero attached hydrogens (tertiary/aromatic N) is 4. The predicted octanol–water partition coefficient (Wildman–Crippen LogP) is 2.56. The maximum absolute atomic E-state index is 4.58. The molecule has 1 saturated heterocycles. The van der Waals surface area contributed by atoms with E-state index in [1.54, 1.807) is 6.33 Å². The molecule has 118 valence electrons. The van der Waals surface area contributed by atoms with E-state index < -0.39 is 0 Å². The Morgan fingerprint density at radius 1 is 1.10 bits per heavy atom. The molecule has 1 aliphatic rings. The summed E-state index contributed by atoms with van der Waals surface area (Å²) in [7, 11) is 1.93. The third-order valence-electron chi connectivity index (χ3n) is 4.20. The van der Waals surface area contributed by atoms with Crippen molar-refractivity contribution in [2.24, 2.45) is 0 Å². The highest BCUT2D eigenvalue weighted by Gasteiger charge is 2.28. The minimum absolute atomic E-state index is 0.245. The van der Waals surface area contributed by atoms with E-state index in [0.717, 1.165) is 37.8 Å². The number of piperazine rings is 1. The van der Waals surface area contributed by atoms with Gasteiger partial charge in [-0.25, -0.2) is 9.97 Å². The topological polar surface area (TPSA) is 44.3 Å². The number of hydrogen-bond donors (Lipinski definition) is 1. The molecule has 5 heteroatoms. The van der Waals surface area contributed by atoms with Crippen LogP contribution in [0.5, 0.6) is 0 Å². The molecule has 0 spiro atoms. The zero-order chi connectivity index (χ0) is 15.6. The highest BCUT2D eigenvalue weighted by atomic mass is 15.3. The number of nitrogens with one attached hydrogen (secondary N) is 1. The maximum atomic E-state index is 4.58. The van der Waals surface area contributed by atoms with Crippen molar-refractivity contribution in [2.75, 3.05) is 43.4 Å². The van der Waals surface area contributed by atoms with Crippen LogP contribution in [0.2, 0.25) is 0 Å². The van der Waals surface area contributed by atoms with Crippen LogP contribution < -0.4 is 10.2 Å². The fourth-order valence-electron chi connectivity index (χ4n) is 2.96. The average molecular weight is 291 g/mol. The third-order valence-corrected chi connectivity index (χ3v) is 4.20. The Hall–Kier alpha value is -1.36. The lowest BCUT2D eigenvalue weighted by Gasteiger charge is -2.43. The van der Waals surface area contributed by atoms with Gasteiger partial charge in [0.15, 0.2) is 0 Å². The summed E-state index contributed by atoms with van der Waals surface area (Å²) in [6.45, 7) is 15.5. The first-order valence-electron chi connectivity index (χ1n) is 7.87. The van der Waals surface area contributed by atoms with Crippen molar-refractivity contribution in [3.05, 3.63) is 11.9 Å². The lowest BCUT2D eigenvalue weighted by atomic mass is 10.0. The molecule has 0 saturated carbocycles. The molecule has 1 N–H and O–H groups in total. The first kappa shape index (κ1) is 16.0. The van der Waals surface area contributed by atoms with E-state index in [-0.39, 0.29) is 5.54 Å². The van der Waals surface area contributed by atoms with Crippen molar-refractivity contribution in [3.8, 4) is 0 Å². The minimum atomic E-state index is 0.245. The normalized spacial score (nSPS) is 17.4. The Kier molecular flexibility index (Phi) is 4.71. The van der Waals surface area contributed by atoms with Gasteiger partial charge in [-0.3, -0.25) is 4.90 Å². The molecule has 5 nitrogen and oxygen atoms in total. The number of hydrogen-bond acceptors (Lipinski definition) is 5. The molecule has 0 amide bonds. The maximum Gasteiger partial charge on any atom is 0.137 e. The smallest absolute Gasteiger partial charge is 0.137 e. The second-order valence-electron chi connectivity index (χ2n) is 7.01. The lowest BCUT2D eigenvalue weighted by molar-refractivity contribution is 0.128. The fraction of sp³-hybridized carbons (Fsp3) is 0.750. The van der Waals surface area contributed by atoms with Crippen LogP contribution in [0.15, 0.2) is 6.33 Å². The fourth-order valence-corrected chi connectivity index (χ4v) is 2.96. The Morgan fingerprint density at radius 2 is 1.71 bits per heavy atom. The summed E-state index contributed by atoms with van der Waals surface area (Å²) < 4.78 is 0. The molecule has 2 heterocycles. The average Bonchev–Trinajstić information content (AvgIpc) is 2.45. The van der Waals surface area contributed by atoms with Crippen molar-refractivity contribution < 1.29 is 0 Å². The molecule has 2 rings (SSSR count). The van der Waals surface area contributed by atoms with Crippen LogP contribution in [-0.2, 0) is 0 Å². The van der Waals surface area contributed by atoms with Crippen molar-refractivity contribution in [2.45, 2.75) is 46.1 Å². The molecule has 1 aromatic rings. The quantitative estimate of drug-likeness (QED) is 0.927. The molecule has 21 heavy (non-hydrogen) atoms. The Labute approximate surface area is 128 Å².